The summed E-state index contributed by atoms with van der Waals surface area (Å²) in [5.41, 5.74) is -6.50. The summed E-state index contributed by atoms with van der Waals surface area (Å²) in [6.45, 7) is 3.61. The van der Waals surface area contributed by atoms with E-state index in [2.05, 4.69) is 0 Å². The van der Waals surface area contributed by atoms with Gasteiger partial charge in [0.1, 0.15) is 12.2 Å². The van der Waals surface area contributed by atoms with Gasteiger partial charge in [-0.2, -0.15) is 17.6 Å². The van der Waals surface area contributed by atoms with Crippen LogP contribution in [-0.2, 0) is 16.6 Å². The molecule has 0 aromatic heterocycles. The largest absolute Gasteiger partial charge is 0.491 e. The molecule has 0 spiro atoms. The van der Waals surface area contributed by atoms with Crippen molar-refractivity contribution >= 4 is 0 Å². The van der Waals surface area contributed by atoms with Crippen molar-refractivity contribution in [2.24, 2.45) is 0 Å². The summed E-state index contributed by atoms with van der Waals surface area (Å²) in [4.78, 5) is 0. The molecule has 2 aliphatic rings. The quantitative estimate of drug-likeness (QED) is 0.338. The maximum Gasteiger partial charge on any atom is 0.343 e. The van der Waals surface area contributed by atoms with Crippen LogP contribution in [-0.4, -0.2) is 25.4 Å². The van der Waals surface area contributed by atoms with E-state index in [0.717, 1.165) is 24.3 Å². The topological polar surface area (TPSA) is 27.7 Å². The average molecular weight is 534 g/mol. The third-order valence-electron chi connectivity index (χ3n) is 6.35. The lowest BCUT2D eigenvalue weighted by Crippen LogP contribution is -2.41. The fraction of sp³-hybridized carbons (Fsp3) is 0.385. The fourth-order valence-electron chi connectivity index (χ4n) is 4.46. The number of ether oxygens (including phenoxy) is 3. The van der Waals surface area contributed by atoms with E-state index >= 15 is 13.2 Å². The van der Waals surface area contributed by atoms with Gasteiger partial charge in [-0.3, -0.25) is 0 Å². The molecule has 0 fully saturated rings. The minimum absolute atomic E-state index is 0.0815. The van der Waals surface area contributed by atoms with Gasteiger partial charge in [0, 0.05) is 18.6 Å². The second-order valence-electron chi connectivity index (χ2n) is 8.70. The van der Waals surface area contributed by atoms with Gasteiger partial charge in [-0.25, -0.2) is 17.6 Å². The predicted octanol–water partition coefficient (Wildman–Crippen LogP) is 7.88. The third-order valence-corrected chi connectivity index (χ3v) is 6.35. The van der Waals surface area contributed by atoms with Gasteiger partial charge in [-0.05, 0) is 56.2 Å². The first-order chi connectivity index (χ1) is 17.3. The SMILES string of the molecule is CCOc1ccc2c(c1F)C(F)(F)C(F)(F)c1c-2ccc(OCC2=CCC(C)(OCC)C(F)=C2F)c1F. The van der Waals surface area contributed by atoms with E-state index in [0.29, 0.717) is 0 Å². The number of hydrogen-bond acceptors (Lipinski definition) is 3. The summed E-state index contributed by atoms with van der Waals surface area (Å²) in [6.07, 6.45) is 1.17. The Kier molecular flexibility index (Phi) is 6.81. The summed E-state index contributed by atoms with van der Waals surface area (Å²) in [7, 11) is 0. The average Bonchev–Trinajstić information content (AvgIpc) is 2.83. The normalized spacial score (nSPS) is 21.8. The molecule has 11 heteroatoms. The number of hydrogen-bond donors (Lipinski definition) is 0. The molecule has 0 saturated carbocycles. The lowest BCUT2D eigenvalue weighted by molar-refractivity contribution is -0.228. The van der Waals surface area contributed by atoms with Crippen LogP contribution in [0.1, 0.15) is 38.3 Å². The molecule has 2 aromatic rings. The molecule has 1 unspecified atom stereocenters. The molecule has 0 saturated heterocycles. The van der Waals surface area contributed by atoms with Crippen molar-refractivity contribution in [1.29, 1.82) is 0 Å². The predicted molar refractivity (Wildman–Crippen MR) is 118 cm³/mol. The molecular weight excluding hydrogens is 512 g/mol. The maximum atomic E-state index is 15.3. The van der Waals surface area contributed by atoms with Crippen LogP contribution >= 0.6 is 0 Å². The van der Waals surface area contributed by atoms with Gasteiger partial charge in [0.05, 0.1) is 17.7 Å². The Labute approximate surface area is 207 Å². The van der Waals surface area contributed by atoms with Crippen molar-refractivity contribution in [1.82, 2.24) is 0 Å². The van der Waals surface area contributed by atoms with Crippen LogP contribution in [0.25, 0.3) is 11.1 Å². The summed E-state index contributed by atoms with van der Waals surface area (Å²) < 4.78 is 135. The smallest absolute Gasteiger partial charge is 0.343 e. The molecule has 0 amide bonds. The minimum atomic E-state index is -5.18. The zero-order chi connectivity index (χ0) is 27.3. The van der Waals surface area contributed by atoms with E-state index in [9.17, 15) is 22.0 Å². The second-order valence-corrected chi connectivity index (χ2v) is 8.70. The van der Waals surface area contributed by atoms with Gasteiger partial charge in [0.25, 0.3) is 0 Å². The zero-order valence-electron chi connectivity index (χ0n) is 20.0. The molecule has 0 radical (unpaired) electrons. The Morgan fingerprint density at radius 3 is 1.76 bits per heavy atom. The number of rotatable bonds is 7. The van der Waals surface area contributed by atoms with Crippen molar-refractivity contribution in [2.45, 2.75) is 44.6 Å². The molecule has 37 heavy (non-hydrogen) atoms. The minimum Gasteiger partial charge on any atom is -0.491 e. The van der Waals surface area contributed by atoms with Crippen molar-refractivity contribution in [3.8, 4) is 22.6 Å². The highest BCUT2D eigenvalue weighted by atomic mass is 19.3. The molecule has 2 aliphatic carbocycles. The standard InChI is InChI=1S/C26H22F8O3/c1-4-35-16-8-6-14-15-7-9-17(22(29)19(15)26(33,34)25(31,32)18(14)21(16)28)36-12-13-10-11-24(3,37-5-2)23(30)20(13)27/h6-10H,4-5,11-12H2,1-3H3. The van der Waals surface area contributed by atoms with Crippen molar-refractivity contribution < 1.29 is 49.3 Å². The molecule has 200 valence electrons. The van der Waals surface area contributed by atoms with E-state index < -0.39 is 81.1 Å². The van der Waals surface area contributed by atoms with E-state index in [-0.39, 0.29) is 25.2 Å². The Balaban J connectivity index is 1.73. The molecule has 0 N–H and O–H groups in total. The molecule has 0 heterocycles. The number of fused-ring (bicyclic) bond motifs is 3. The Bertz CT molecular complexity index is 1300. The summed E-state index contributed by atoms with van der Waals surface area (Å²) in [5, 5.41) is 0. The van der Waals surface area contributed by atoms with Crippen LogP contribution in [0.15, 0.2) is 47.6 Å². The summed E-state index contributed by atoms with van der Waals surface area (Å²) in [5.74, 6) is -17.9. The first kappa shape index (κ1) is 27.0. The molecule has 0 bridgehead atoms. The van der Waals surface area contributed by atoms with E-state index in [4.69, 9.17) is 14.2 Å². The monoisotopic (exact) mass is 534 g/mol. The zero-order valence-corrected chi connectivity index (χ0v) is 20.0. The Morgan fingerprint density at radius 1 is 0.757 bits per heavy atom. The Morgan fingerprint density at radius 2 is 1.27 bits per heavy atom. The molecule has 4 rings (SSSR count). The van der Waals surface area contributed by atoms with Crippen LogP contribution < -0.4 is 9.47 Å². The first-order valence-electron chi connectivity index (χ1n) is 11.4. The maximum absolute atomic E-state index is 15.3. The first-order valence-corrected chi connectivity index (χ1v) is 11.4. The highest BCUT2D eigenvalue weighted by Crippen LogP contribution is 2.60. The number of halogens is 8. The molecular formula is C26H22F8O3. The van der Waals surface area contributed by atoms with Gasteiger partial charge in [-0.1, -0.05) is 6.08 Å². The van der Waals surface area contributed by atoms with Gasteiger partial charge < -0.3 is 14.2 Å². The van der Waals surface area contributed by atoms with Crippen molar-refractivity contribution in [2.75, 3.05) is 19.8 Å². The van der Waals surface area contributed by atoms with Crippen LogP contribution in [0.2, 0.25) is 0 Å². The van der Waals surface area contributed by atoms with Crippen LogP contribution in [0.3, 0.4) is 0 Å². The van der Waals surface area contributed by atoms with Crippen LogP contribution in [0.5, 0.6) is 11.5 Å². The summed E-state index contributed by atoms with van der Waals surface area (Å²) >= 11 is 0. The van der Waals surface area contributed by atoms with E-state index in [1.807, 2.05) is 0 Å². The lowest BCUT2D eigenvalue weighted by atomic mass is 9.79. The molecule has 1 atom stereocenters. The van der Waals surface area contributed by atoms with Crippen LogP contribution in [0.4, 0.5) is 35.1 Å². The van der Waals surface area contributed by atoms with Crippen LogP contribution in [0, 0.1) is 11.6 Å². The van der Waals surface area contributed by atoms with Gasteiger partial charge in [-0.15, -0.1) is 0 Å². The third kappa shape index (κ3) is 4.07. The van der Waals surface area contributed by atoms with Gasteiger partial charge >= 0.3 is 11.8 Å². The number of benzene rings is 2. The van der Waals surface area contributed by atoms with Crippen molar-refractivity contribution in [3.63, 3.8) is 0 Å². The van der Waals surface area contributed by atoms with Crippen molar-refractivity contribution in [3.05, 3.63) is 70.3 Å². The van der Waals surface area contributed by atoms with E-state index in [1.54, 1.807) is 6.92 Å². The Hall–Kier alpha value is -3.08. The highest BCUT2D eigenvalue weighted by molar-refractivity contribution is 5.78. The summed E-state index contributed by atoms with van der Waals surface area (Å²) in [6, 6.07) is 3.68. The fourth-order valence-corrected chi connectivity index (χ4v) is 4.46. The van der Waals surface area contributed by atoms with Gasteiger partial charge in [0.15, 0.2) is 34.8 Å². The molecule has 3 nitrogen and oxygen atoms in total. The molecule has 0 aliphatic heterocycles. The van der Waals surface area contributed by atoms with Gasteiger partial charge in [0.2, 0.25) is 0 Å². The van der Waals surface area contributed by atoms with E-state index in [1.165, 1.54) is 19.9 Å². The molecule has 2 aromatic carbocycles. The second kappa shape index (κ2) is 9.34. The lowest BCUT2D eigenvalue weighted by Gasteiger charge is -2.35. The highest BCUT2D eigenvalue weighted by Gasteiger charge is 2.65. The number of alkyl halides is 4.